The lowest BCUT2D eigenvalue weighted by atomic mass is 10.1. The largest absolute Gasteiger partial charge is 0.411 e. The van der Waals surface area contributed by atoms with Crippen LogP contribution >= 0.6 is 46.6 Å². The van der Waals surface area contributed by atoms with Crippen LogP contribution in [0.25, 0.3) is 11.5 Å². The van der Waals surface area contributed by atoms with E-state index >= 15 is 0 Å². The third kappa shape index (κ3) is 5.39. The van der Waals surface area contributed by atoms with Crippen molar-refractivity contribution in [3.05, 3.63) is 63.1 Å². The topological polar surface area (TPSA) is 68.0 Å². The fourth-order valence-electron chi connectivity index (χ4n) is 2.27. The highest BCUT2D eigenvalue weighted by Crippen LogP contribution is 2.28. The van der Waals surface area contributed by atoms with E-state index in [1.807, 2.05) is 24.3 Å². The van der Waals surface area contributed by atoms with Gasteiger partial charge in [-0.1, -0.05) is 70.8 Å². The highest BCUT2D eigenvalue weighted by Gasteiger charge is 2.13. The van der Waals surface area contributed by atoms with Crippen molar-refractivity contribution in [1.29, 1.82) is 0 Å². The molecule has 0 atom stereocenters. The lowest BCUT2D eigenvalue weighted by Gasteiger charge is -2.07. The van der Waals surface area contributed by atoms with Crippen molar-refractivity contribution in [2.45, 2.75) is 11.6 Å². The number of hydrogen-bond donors (Lipinski definition) is 1. The summed E-state index contributed by atoms with van der Waals surface area (Å²) in [4.78, 5) is 12.0. The van der Waals surface area contributed by atoms with E-state index in [2.05, 4.69) is 15.5 Å². The zero-order valence-electron chi connectivity index (χ0n) is 13.9. The maximum atomic E-state index is 12.0. The second-order valence-electron chi connectivity index (χ2n) is 5.45. The van der Waals surface area contributed by atoms with Crippen LogP contribution < -0.4 is 5.32 Å². The summed E-state index contributed by atoms with van der Waals surface area (Å²) < 4.78 is 5.55. The van der Waals surface area contributed by atoms with Gasteiger partial charge in [-0.3, -0.25) is 4.79 Å². The van der Waals surface area contributed by atoms with Gasteiger partial charge in [0.15, 0.2) is 0 Å². The van der Waals surface area contributed by atoms with E-state index in [1.54, 1.807) is 18.2 Å². The molecule has 1 aromatic heterocycles. The number of aromatic nitrogens is 2. The van der Waals surface area contributed by atoms with Gasteiger partial charge in [0.2, 0.25) is 11.8 Å². The van der Waals surface area contributed by atoms with Crippen molar-refractivity contribution in [3.8, 4) is 11.5 Å². The van der Waals surface area contributed by atoms with Gasteiger partial charge in [-0.15, -0.1) is 10.2 Å². The van der Waals surface area contributed by atoms with Gasteiger partial charge in [0.05, 0.1) is 26.4 Å². The third-order valence-corrected chi connectivity index (χ3v) is 5.59. The first-order valence-corrected chi connectivity index (χ1v) is 10.1. The molecule has 9 heteroatoms. The molecule has 5 nitrogen and oxygen atoms in total. The van der Waals surface area contributed by atoms with Gasteiger partial charge in [0.1, 0.15) is 0 Å². The van der Waals surface area contributed by atoms with E-state index in [-0.39, 0.29) is 11.7 Å². The van der Waals surface area contributed by atoms with Crippen LogP contribution in [-0.2, 0) is 11.2 Å². The minimum atomic E-state index is -0.143. The van der Waals surface area contributed by atoms with E-state index in [1.165, 1.54) is 0 Å². The summed E-state index contributed by atoms with van der Waals surface area (Å²) in [7, 11) is 0. The van der Waals surface area contributed by atoms with Crippen molar-refractivity contribution in [2.75, 3.05) is 12.3 Å². The number of halogens is 3. The number of thioether (sulfide) groups is 1. The fourth-order valence-corrected chi connectivity index (χ4v) is 3.49. The average Bonchev–Trinajstić information content (AvgIpc) is 3.13. The lowest BCUT2D eigenvalue weighted by Crippen LogP contribution is -2.27. The molecule has 1 amide bonds. The van der Waals surface area contributed by atoms with E-state index < -0.39 is 0 Å². The predicted molar refractivity (Wildman–Crippen MR) is 109 cm³/mol. The van der Waals surface area contributed by atoms with Gasteiger partial charge in [0, 0.05) is 6.54 Å². The summed E-state index contributed by atoms with van der Waals surface area (Å²) >= 11 is 19.4. The molecule has 140 valence electrons. The standard InChI is InChI=1S/C18H14Cl3N3O2S/c19-13-6-2-1-5-12(13)17-23-24-18(26-17)27-10-15(25)22-9-8-11-4-3-7-14(20)16(11)21/h1-7H,8-10H2,(H,22,25). The number of carbonyl (C=O) groups is 1. The molecular weight excluding hydrogens is 429 g/mol. The molecule has 3 aromatic rings. The van der Waals surface area contributed by atoms with Crippen molar-refractivity contribution in [1.82, 2.24) is 15.5 Å². The van der Waals surface area contributed by atoms with Gasteiger partial charge >= 0.3 is 0 Å². The zero-order chi connectivity index (χ0) is 19.2. The number of amides is 1. The molecular formula is C18H14Cl3N3O2S. The molecule has 0 saturated heterocycles. The zero-order valence-corrected chi connectivity index (χ0v) is 17.0. The Bertz CT molecular complexity index is 949. The number of nitrogens with one attached hydrogen (secondary N) is 1. The molecule has 0 bridgehead atoms. The Kier molecular flexibility index (Phi) is 7.01. The third-order valence-electron chi connectivity index (χ3n) is 3.59. The molecule has 27 heavy (non-hydrogen) atoms. The van der Waals surface area contributed by atoms with Crippen molar-refractivity contribution in [3.63, 3.8) is 0 Å². The number of benzene rings is 2. The molecule has 2 aromatic carbocycles. The maximum absolute atomic E-state index is 12.0. The molecule has 0 unspecified atom stereocenters. The Labute approximate surface area is 175 Å². The highest BCUT2D eigenvalue weighted by molar-refractivity contribution is 7.99. The second kappa shape index (κ2) is 9.46. The SMILES string of the molecule is O=C(CSc1nnc(-c2ccccc2Cl)o1)NCCc1cccc(Cl)c1Cl. The lowest BCUT2D eigenvalue weighted by molar-refractivity contribution is -0.118. The monoisotopic (exact) mass is 441 g/mol. The van der Waals surface area contributed by atoms with E-state index in [0.717, 1.165) is 17.3 Å². The van der Waals surface area contributed by atoms with Crippen molar-refractivity contribution >= 4 is 52.5 Å². The first-order valence-electron chi connectivity index (χ1n) is 7.95. The summed E-state index contributed by atoms with van der Waals surface area (Å²) in [5.74, 6) is 0.336. The minimum absolute atomic E-state index is 0.143. The van der Waals surface area contributed by atoms with Crippen LogP contribution in [0.5, 0.6) is 0 Å². The smallest absolute Gasteiger partial charge is 0.277 e. The molecule has 1 heterocycles. The molecule has 1 N–H and O–H groups in total. The second-order valence-corrected chi connectivity index (χ2v) is 7.57. The quantitative estimate of drug-likeness (QED) is 0.513. The molecule has 0 aliphatic carbocycles. The first kappa shape index (κ1) is 20.0. The molecule has 0 radical (unpaired) electrons. The molecule has 0 spiro atoms. The van der Waals surface area contributed by atoms with Gasteiger partial charge in [0.25, 0.3) is 5.22 Å². The van der Waals surface area contributed by atoms with Crippen LogP contribution in [0, 0.1) is 0 Å². The number of hydrogen-bond acceptors (Lipinski definition) is 5. The Hall–Kier alpha value is -1.73. The summed E-state index contributed by atoms with van der Waals surface area (Å²) in [6.45, 7) is 0.453. The van der Waals surface area contributed by atoms with E-state index in [4.69, 9.17) is 39.2 Å². The average molecular weight is 443 g/mol. The Morgan fingerprint density at radius 3 is 2.63 bits per heavy atom. The maximum Gasteiger partial charge on any atom is 0.277 e. The van der Waals surface area contributed by atoms with E-state index in [0.29, 0.717) is 44.7 Å². The van der Waals surface area contributed by atoms with Crippen LogP contribution in [-0.4, -0.2) is 28.4 Å². The molecule has 3 rings (SSSR count). The van der Waals surface area contributed by atoms with Crippen molar-refractivity contribution in [2.24, 2.45) is 0 Å². The van der Waals surface area contributed by atoms with Crippen LogP contribution in [0.4, 0.5) is 0 Å². The van der Waals surface area contributed by atoms with Crippen LogP contribution in [0.1, 0.15) is 5.56 Å². The summed E-state index contributed by atoms with van der Waals surface area (Å²) in [5.41, 5.74) is 1.54. The highest BCUT2D eigenvalue weighted by atomic mass is 35.5. The molecule has 0 fully saturated rings. The predicted octanol–water partition coefficient (Wildman–Crippen LogP) is 5.15. The van der Waals surface area contributed by atoms with Gasteiger partial charge in [-0.2, -0.15) is 0 Å². The van der Waals surface area contributed by atoms with Crippen LogP contribution in [0.3, 0.4) is 0 Å². The molecule has 0 aliphatic heterocycles. The first-order chi connectivity index (χ1) is 13.0. The van der Waals surface area contributed by atoms with Crippen LogP contribution in [0.2, 0.25) is 15.1 Å². The van der Waals surface area contributed by atoms with Crippen LogP contribution in [0.15, 0.2) is 52.1 Å². The minimum Gasteiger partial charge on any atom is -0.411 e. The van der Waals surface area contributed by atoms with Gasteiger partial charge in [-0.05, 0) is 30.2 Å². The Morgan fingerprint density at radius 1 is 1.04 bits per heavy atom. The number of rotatable bonds is 7. The molecule has 0 saturated carbocycles. The Morgan fingerprint density at radius 2 is 1.81 bits per heavy atom. The number of carbonyl (C=O) groups excluding carboxylic acids is 1. The van der Waals surface area contributed by atoms with Gasteiger partial charge < -0.3 is 9.73 Å². The summed E-state index contributed by atoms with van der Waals surface area (Å²) in [6, 6.07) is 12.6. The van der Waals surface area contributed by atoms with E-state index in [9.17, 15) is 4.79 Å². The normalized spacial score (nSPS) is 10.8. The Balaban J connectivity index is 1.47. The molecule has 0 aliphatic rings. The number of nitrogens with zero attached hydrogens (tertiary/aromatic N) is 2. The summed E-state index contributed by atoms with van der Waals surface area (Å²) in [5, 5.41) is 12.6. The van der Waals surface area contributed by atoms with Gasteiger partial charge in [-0.25, -0.2) is 0 Å². The fraction of sp³-hybridized carbons (Fsp3) is 0.167. The van der Waals surface area contributed by atoms with Crippen molar-refractivity contribution < 1.29 is 9.21 Å². The summed E-state index contributed by atoms with van der Waals surface area (Å²) in [6.07, 6.45) is 0.590.